The van der Waals surface area contributed by atoms with Gasteiger partial charge in [0.05, 0.1) is 18.8 Å². The first kappa shape index (κ1) is 18.7. The van der Waals surface area contributed by atoms with Crippen LogP contribution in [0.25, 0.3) is 28.2 Å². The molecule has 0 unspecified atom stereocenters. The molecular formula is C22H20N4O3. The summed E-state index contributed by atoms with van der Waals surface area (Å²) in [7, 11) is 0. The third-order valence-electron chi connectivity index (χ3n) is 4.87. The van der Waals surface area contributed by atoms with Gasteiger partial charge in [-0.3, -0.25) is 4.79 Å². The van der Waals surface area contributed by atoms with Crippen LogP contribution in [0.2, 0.25) is 0 Å². The van der Waals surface area contributed by atoms with Crippen molar-refractivity contribution in [1.82, 2.24) is 9.97 Å². The molecule has 3 aromatic rings. The highest BCUT2D eigenvalue weighted by atomic mass is 16.5. The minimum Gasteiger partial charge on any atom is -0.489 e. The van der Waals surface area contributed by atoms with E-state index in [4.69, 9.17) is 15.2 Å². The fraction of sp³-hybridized carbons (Fsp3) is 0.227. The number of fused-ring (bicyclic) bond motifs is 1. The minimum absolute atomic E-state index is 0.0681. The topological polar surface area (TPSA) is 114 Å². The molecule has 0 bridgehead atoms. The Morgan fingerprint density at radius 2 is 2.17 bits per heavy atom. The number of aromatic nitrogens is 2. The average molecular weight is 388 g/mol. The summed E-state index contributed by atoms with van der Waals surface area (Å²) in [5.74, 6) is 0.0735. The highest BCUT2D eigenvalue weighted by molar-refractivity contribution is 5.96. The van der Waals surface area contributed by atoms with Crippen LogP contribution in [0.4, 0.5) is 0 Å². The van der Waals surface area contributed by atoms with Crippen molar-refractivity contribution in [3.63, 3.8) is 0 Å². The Morgan fingerprint density at radius 1 is 1.34 bits per heavy atom. The molecule has 0 saturated carbocycles. The van der Waals surface area contributed by atoms with Gasteiger partial charge in [-0.05, 0) is 35.4 Å². The van der Waals surface area contributed by atoms with Crippen LogP contribution >= 0.6 is 0 Å². The summed E-state index contributed by atoms with van der Waals surface area (Å²) in [5, 5.41) is 10.5. The zero-order valence-electron chi connectivity index (χ0n) is 15.7. The van der Waals surface area contributed by atoms with Crippen LogP contribution in [-0.4, -0.2) is 35.2 Å². The van der Waals surface area contributed by atoms with E-state index in [1.54, 1.807) is 12.3 Å². The Morgan fingerprint density at radius 3 is 2.93 bits per heavy atom. The average Bonchev–Trinajstić information content (AvgIpc) is 3.16. The number of carbonyl (C=O) groups excluding carboxylic acids is 1. The second-order valence-corrected chi connectivity index (χ2v) is 6.86. The second kappa shape index (κ2) is 8.17. The number of nitriles is 1. The van der Waals surface area contributed by atoms with Crippen LogP contribution in [0.1, 0.15) is 24.0 Å². The van der Waals surface area contributed by atoms with Crippen LogP contribution in [0.3, 0.4) is 0 Å². The van der Waals surface area contributed by atoms with E-state index >= 15 is 0 Å². The van der Waals surface area contributed by atoms with Gasteiger partial charge < -0.3 is 20.2 Å². The fourth-order valence-corrected chi connectivity index (χ4v) is 3.39. The van der Waals surface area contributed by atoms with Crippen LogP contribution in [0, 0.1) is 11.3 Å². The smallest absolute Gasteiger partial charge is 0.241 e. The van der Waals surface area contributed by atoms with E-state index in [-0.39, 0.29) is 6.10 Å². The highest BCUT2D eigenvalue weighted by Gasteiger charge is 2.18. The van der Waals surface area contributed by atoms with E-state index < -0.39 is 5.91 Å². The predicted molar refractivity (Wildman–Crippen MR) is 109 cm³/mol. The molecule has 1 fully saturated rings. The maximum absolute atomic E-state index is 11.0. The number of nitrogens with two attached hydrogens (primary N) is 1. The van der Waals surface area contributed by atoms with Gasteiger partial charge in [-0.1, -0.05) is 6.07 Å². The van der Waals surface area contributed by atoms with Gasteiger partial charge >= 0.3 is 0 Å². The van der Waals surface area contributed by atoms with E-state index in [0.29, 0.717) is 24.5 Å². The summed E-state index contributed by atoms with van der Waals surface area (Å²) in [6.07, 6.45) is 8.15. The number of hydrogen-bond donors (Lipinski definition) is 2. The predicted octanol–water partition coefficient (Wildman–Crippen LogP) is 3.16. The lowest BCUT2D eigenvalue weighted by Gasteiger charge is -2.23. The number of benzene rings is 1. The van der Waals surface area contributed by atoms with E-state index in [1.807, 2.05) is 30.5 Å². The molecule has 3 heterocycles. The number of nitrogens with one attached hydrogen (secondary N) is 1. The van der Waals surface area contributed by atoms with Gasteiger partial charge in [0.2, 0.25) is 5.91 Å². The zero-order valence-corrected chi connectivity index (χ0v) is 15.7. The largest absolute Gasteiger partial charge is 0.489 e. The van der Waals surface area contributed by atoms with Gasteiger partial charge in [0.1, 0.15) is 23.6 Å². The van der Waals surface area contributed by atoms with Crippen molar-refractivity contribution < 1.29 is 14.3 Å². The van der Waals surface area contributed by atoms with Crippen LogP contribution in [-0.2, 0) is 9.53 Å². The quantitative estimate of drug-likeness (QED) is 0.652. The molecule has 29 heavy (non-hydrogen) atoms. The normalized spacial score (nSPS) is 14.9. The van der Waals surface area contributed by atoms with Crippen molar-refractivity contribution in [2.75, 3.05) is 13.2 Å². The maximum Gasteiger partial charge on any atom is 0.241 e. The van der Waals surface area contributed by atoms with Gasteiger partial charge in [0.25, 0.3) is 0 Å². The molecule has 1 aliphatic heterocycles. The van der Waals surface area contributed by atoms with Crippen molar-refractivity contribution in [1.29, 1.82) is 5.26 Å². The molecule has 0 aliphatic carbocycles. The summed E-state index contributed by atoms with van der Waals surface area (Å²) in [5.41, 5.74) is 8.93. The maximum atomic E-state index is 11.0. The fourth-order valence-electron chi connectivity index (χ4n) is 3.39. The summed E-state index contributed by atoms with van der Waals surface area (Å²) < 4.78 is 11.4. The minimum atomic E-state index is -0.516. The molecule has 4 rings (SSSR count). The second-order valence-electron chi connectivity index (χ2n) is 6.86. The first-order valence-corrected chi connectivity index (χ1v) is 9.37. The van der Waals surface area contributed by atoms with Crippen LogP contribution in [0.5, 0.6) is 5.75 Å². The van der Waals surface area contributed by atoms with Crippen molar-refractivity contribution in [3.05, 3.63) is 53.9 Å². The molecule has 3 N–H and O–H groups in total. The molecule has 7 heteroatoms. The van der Waals surface area contributed by atoms with Crippen molar-refractivity contribution in [2.24, 2.45) is 5.73 Å². The van der Waals surface area contributed by atoms with Gasteiger partial charge in [0.15, 0.2) is 0 Å². The van der Waals surface area contributed by atoms with Gasteiger partial charge in [0, 0.05) is 42.3 Å². The van der Waals surface area contributed by atoms with Crippen LogP contribution < -0.4 is 10.5 Å². The van der Waals surface area contributed by atoms with E-state index in [9.17, 15) is 10.1 Å². The number of aromatic amines is 1. The summed E-state index contributed by atoms with van der Waals surface area (Å²) >= 11 is 0. The first-order chi connectivity index (χ1) is 14.1. The van der Waals surface area contributed by atoms with E-state index in [1.165, 1.54) is 6.08 Å². The number of H-pyrrole nitrogens is 1. The molecule has 0 spiro atoms. The molecular weight excluding hydrogens is 368 g/mol. The Balaban J connectivity index is 1.67. The molecule has 0 radical (unpaired) electrons. The Bertz CT molecular complexity index is 1120. The van der Waals surface area contributed by atoms with Gasteiger partial charge in [-0.25, -0.2) is 4.98 Å². The number of amides is 1. The van der Waals surface area contributed by atoms with Crippen molar-refractivity contribution in [3.8, 4) is 22.9 Å². The molecule has 146 valence electrons. The number of nitrogens with zero attached hydrogens (tertiary/aromatic N) is 2. The molecule has 2 aromatic heterocycles. The molecule has 1 amide bonds. The lowest BCUT2D eigenvalue weighted by molar-refractivity contribution is -0.113. The van der Waals surface area contributed by atoms with E-state index in [0.717, 1.165) is 40.6 Å². The summed E-state index contributed by atoms with van der Waals surface area (Å²) in [6.45, 7) is 1.36. The Hall–Kier alpha value is -3.63. The lowest BCUT2D eigenvalue weighted by Crippen LogP contribution is -2.26. The third-order valence-corrected chi connectivity index (χ3v) is 4.87. The summed E-state index contributed by atoms with van der Waals surface area (Å²) in [4.78, 5) is 18.5. The Labute approximate surface area is 167 Å². The molecule has 0 atom stereocenters. The number of carbonyl (C=O) groups is 1. The SMILES string of the molecule is N#Cc1cc(-c2c[nH]c3ncc(C=CC(N)=O)cc23)ccc1OC1CCOCC1. The third kappa shape index (κ3) is 4.13. The number of pyridine rings is 1. The van der Waals surface area contributed by atoms with Crippen molar-refractivity contribution in [2.45, 2.75) is 18.9 Å². The van der Waals surface area contributed by atoms with Gasteiger partial charge in [-0.2, -0.15) is 5.26 Å². The van der Waals surface area contributed by atoms with Gasteiger partial charge in [-0.15, -0.1) is 0 Å². The number of ether oxygens (including phenoxy) is 2. The highest BCUT2D eigenvalue weighted by Crippen LogP contribution is 2.32. The number of hydrogen-bond acceptors (Lipinski definition) is 5. The molecule has 1 aromatic carbocycles. The molecule has 7 nitrogen and oxygen atoms in total. The molecule has 1 aliphatic rings. The number of rotatable bonds is 5. The zero-order chi connectivity index (χ0) is 20.2. The standard InChI is InChI=1S/C22H20N4O3/c23-11-16-10-15(2-3-20(16)29-17-5-7-28-8-6-17)19-13-26-22-18(19)9-14(12-25-22)1-4-21(24)27/h1-4,9-10,12-13,17H,5-8H2,(H2,24,27)(H,25,26). The summed E-state index contributed by atoms with van der Waals surface area (Å²) in [6, 6.07) is 9.75. The van der Waals surface area contributed by atoms with Crippen LogP contribution in [0.15, 0.2) is 42.7 Å². The van der Waals surface area contributed by atoms with Crippen molar-refractivity contribution >= 4 is 23.0 Å². The lowest BCUT2D eigenvalue weighted by atomic mass is 10.0. The molecule has 1 saturated heterocycles. The first-order valence-electron chi connectivity index (χ1n) is 9.37. The number of primary amides is 1. The Kier molecular flexibility index (Phi) is 5.27. The van der Waals surface area contributed by atoms with E-state index in [2.05, 4.69) is 16.0 Å². The monoisotopic (exact) mass is 388 g/mol.